The number of nitrogens with one attached hydrogen (secondary N) is 1. The lowest BCUT2D eigenvalue weighted by Crippen LogP contribution is -2.06. The van der Waals surface area contributed by atoms with Gasteiger partial charge in [-0.15, -0.1) is 0 Å². The highest BCUT2D eigenvalue weighted by molar-refractivity contribution is 5.55. The lowest BCUT2D eigenvalue weighted by molar-refractivity contribution is 1.04. The number of aryl methyl sites for hydroxylation is 1. The third-order valence-electron chi connectivity index (χ3n) is 2.63. The quantitative estimate of drug-likeness (QED) is 0.877. The first kappa shape index (κ1) is 11.5. The average Bonchev–Trinajstić information content (AvgIpc) is 2.36. The molecule has 4 heteroatoms. The monoisotopic (exact) mass is 228 g/mol. The van der Waals surface area contributed by atoms with Gasteiger partial charge in [-0.2, -0.15) is 0 Å². The molecule has 88 valence electrons. The van der Waals surface area contributed by atoms with Gasteiger partial charge < -0.3 is 5.32 Å². The van der Waals surface area contributed by atoms with Crippen molar-refractivity contribution in [2.45, 2.75) is 20.8 Å². The van der Waals surface area contributed by atoms with Crippen molar-refractivity contribution >= 4 is 5.82 Å². The number of pyridine rings is 1. The molecule has 2 aromatic heterocycles. The Balaban J connectivity index is 2.49. The van der Waals surface area contributed by atoms with Crippen molar-refractivity contribution in [1.82, 2.24) is 15.0 Å². The van der Waals surface area contributed by atoms with Crippen LogP contribution >= 0.6 is 0 Å². The maximum absolute atomic E-state index is 4.51. The predicted molar refractivity (Wildman–Crippen MR) is 68.9 cm³/mol. The molecule has 0 aliphatic carbocycles. The van der Waals surface area contributed by atoms with Crippen LogP contribution in [0.2, 0.25) is 0 Å². The SMILES string of the molecule is CCNc1nc(-c2ccccn2)nc(C)c1C. The minimum atomic E-state index is 0.671. The summed E-state index contributed by atoms with van der Waals surface area (Å²) in [6, 6.07) is 5.74. The molecule has 0 saturated carbocycles. The van der Waals surface area contributed by atoms with Gasteiger partial charge in [0, 0.05) is 24.0 Å². The van der Waals surface area contributed by atoms with Crippen molar-refractivity contribution in [2.75, 3.05) is 11.9 Å². The van der Waals surface area contributed by atoms with Crippen molar-refractivity contribution in [1.29, 1.82) is 0 Å². The largest absolute Gasteiger partial charge is 0.370 e. The highest BCUT2D eigenvalue weighted by Crippen LogP contribution is 2.19. The van der Waals surface area contributed by atoms with E-state index in [1.165, 1.54) is 0 Å². The van der Waals surface area contributed by atoms with Crippen molar-refractivity contribution in [3.63, 3.8) is 0 Å². The highest BCUT2D eigenvalue weighted by atomic mass is 15.0. The fraction of sp³-hybridized carbons (Fsp3) is 0.308. The molecular weight excluding hydrogens is 212 g/mol. The van der Waals surface area contributed by atoms with E-state index in [1.807, 2.05) is 32.0 Å². The van der Waals surface area contributed by atoms with E-state index in [2.05, 4.69) is 27.2 Å². The summed E-state index contributed by atoms with van der Waals surface area (Å²) in [5.74, 6) is 1.56. The molecule has 0 aromatic carbocycles. The molecule has 1 N–H and O–H groups in total. The standard InChI is InChI=1S/C13H16N4/c1-4-14-12-9(2)10(3)16-13(17-12)11-7-5-6-8-15-11/h5-8H,4H2,1-3H3,(H,14,16,17). The molecule has 17 heavy (non-hydrogen) atoms. The fourth-order valence-corrected chi connectivity index (χ4v) is 1.58. The number of aromatic nitrogens is 3. The van der Waals surface area contributed by atoms with Gasteiger partial charge in [-0.25, -0.2) is 9.97 Å². The van der Waals surface area contributed by atoms with E-state index in [1.54, 1.807) is 6.20 Å². The minimum Gasteiger partial charge on any atom is -0.370 e. The molecular formula is C13H16N4. The second-order valence-electron chi connectivity index (χ2n) is 3.85. The molecule has 0 atom stereocenters. The van der Waals surface area contributed by atoms with Crippen LogP contribution < -0.4 is 5.32 Å². The smallest absolute Gasteiger partial charge is 0.180 e. The zero-order chi connectivity index (χ0) is 12.3. The first-order valence-corrected chi connectivity index (χ1v) is 5.73. The van der Waals surface area contributed by atoms with Crippen LogP contribution in [-0.2, 0) is 0 Å². The van der Waals surface area contributed by atoms with Crippen LogP contribution in [-0.4, -0.2) is 21.5 Å². The van der Waals surface area contributed by atoms with Gasteiger partial charge in [-0.3, -0.25) is 4.98 Å². The number of anilines is 1. The first-order chi connectivity index (χ1) is 8.22. The lowest BCUT2D eigenvalue weighted by atomic mass is 10.2. The maximum atomic E-state index is 4.51. The number of rotatable bonds is 3. The van der Waals surface area contributed by atoms with Crippen LogP contribution in [0.15, 0.2) is 24.4 Å². The fourth-order valence-electron chi connectivity index (χ4n) is 1.58. The van der Waals surface area contributed by atoms with Gasteiger partial charge >= 0.3 is 0 Å². The Morgan fingerprint density at radius 1 is 1.18 bits per heavy atom. The van der Waals surface area contributed by atoms with Gasteiger partial charge in [0.05, 0.1) is 0 Å². The van der Waals surface area contributed by atoms with Crippen LogP contribution in [0.4, 0.5) is 5.82 Å². The molecule has 2 rings (SSSR count). The maximum Gasteiger partial charge on any atom is 0.180 e. The first-order valence-electron chi connectivity index (χ1n) is 5.73. The average molecular weight is 228 g/mol. The van der Waals surface area contributed by atoms with Crippen LogP contribution in [0.1, 0.15) is 18.2 Å². The van der Waals surface area contributed by atoms with Crippen LogP contribution in [0, 0.1) is 13.8 Å². The molecule has 0 bridgehead atoms. The normalized spacial score (nSPS) is 10.3. The van der Waals surface area contributed by atoms with E-state index >= 15 is 0 Å². The molecule has 0 spiro atoms. The second-order valence-corrected chi connectivity index (χ2v) is 3.85. The Labute approximate surface area is 101 Å². The second kappa shape index (κ2) is 4.91. The van der Waals surface area contributed by atoms with Crippen molar-refractivity contribution in [3.8, 4) is 11.5 Å². The Morgan fingerprint density at radius 3 is 2.65 bits per heavy atom. The molecule has 0 radical (unpaired) electrons. The van der Waals surface area contributed by atoms with Gasteiger partial charge in [0.1, 0.15) is 11.5 Å². The van der Waals surface area contributed by atoms with Gasteiger partial charge in [0.25, 0.3) is 0 Å². The predicted octanol–water partition coefficient (Wildman–Crippen LogP) is 2.59. The lowest BCUT2D eigenvalue weighted by Gasteiger charge is -2.10. The van der Waals surface area contributed by atoms with E-state index in [-0.39, 0.29) is 0 Å². The molecule has 2 aromatic rings. The van der Waals surface area contributed by atoms with Crippen molar-refractivity contribution < 1.29 is 0 Å². The molecule has 4 nitrogen and oxygen atoms in total. The third-order valence-corrected chi connectivity index (χ3v) is 2.63. The molecule has 0 fully saturated rings. The number of nitrogens with zero attached hydrogens (tertiary/aromatic N) is 3. The molecule has 0 aliphatic heterocycles. The molecule has 0 amide bonds. The van der Waals surface area contributed by atoms with Gasteiger partial charge in [-0.05, 0) is 32.9 Å². The summed E-state index contributed by atoms with van der Waals surface area (Å²) in [5.41, 5.74) is 2.87. The summed E-state index contributed by atoms with van der Waals surface area (Å²) in [5, 5.41) is 3.25. The summed E-state index contributed by atoms with van der Waals surface area (Å²) in [6.07, 6.45) is 1.75. The van der Waals surface area contributed by atoms with Gasteiger partial charge in [0.15, 0.2) is 5.82 Å². The Morgan fingerprint density at radius 2 is 2.00 bits per heavy atom. The summed E-state index contributed by atoms with van der Waals surface area (Å²) in [7, 11) is 0. The number of hydrogen-bond acceptors (Lipinski definition) is 4. The summed E-state index contributed by atoms with van der Waals surface area (Å²) < 4.78 is 0. The summed E-state index contributed by atoms with van der Waals surface area (Å²) in [6.45, 7) is 6.91. The van der Waals surface area contributed by atoms with Crippen molar-refractivity contribution in [2.24, 2.45) is 0 Å². The molecule has 0 unspecified atom stereocenters. The minimum absolute atomic E-state index is 0.671. The van der Waals surface area contributed by atoms with E-state index in [9.17, 15) is 0 Å². The highest BCUT2D eigenvalue weighted by Gasteiger charge is 2.09. The molecule has 0 aliphatic rings. The summed E-state index contributed by atoms with van der Waals surface area (Å²) in [4.78, 5) is 13.2. The summed E-state index contributed by atoms with van der Waals surface area (Å²) >= 11 is 0. The molecule has 2 heterocycles. The van der Waals surface area contributed by atoms with E-state index < -0.39 is 0 Å². The van der Waals surface area contributed by atoms with E-state index in [0.29, 0.717) is 5.82 Å². The van der Waals surface area contributed by atoms with Gasteiger partial charge in [-0.1, -0.05) is 6.07 Å². The Kier molecular flexibility index (Phi) is 3.32. The van der Waals surface area contributed by atoms with Gasteiger partial charge in [0.2, 0.25) is 0 Å². The topological polar surface area (TPSA) is 50.7 Å². The van der Waals surface area contributed by atoms with Crippen LogP contribution in [0.3, 0.4) is 0 Å². The zero-order valence-corrected chi connectivity index (χ0v) is 10.4. The van der Waals surface area contributed by atoms with Crippen LogP contribution in [0.25, 0.3) is 11.5 Å². The van der Waals surface area contributed by atoms with E-state index in [4.69, 9.17) is 0 Å². The molecule has 0 saturated heterocycles. The van der Waals surface area contributed by atoms with Crippen LogP contribution in [0.5, 0.6) is 0 Å². The Bertz CT molecular complexity index is 508. The van der Waals surface area contributed by atoms with E-state index in [0.717, 1.165) is 29.3 Å². The Hall–Kier alpha value is -1.97. The van der Waals surface area contributed by atoms with Crippen molar-refractivity contribution in [3.05, 3.63) is 35.7 Å². The zero-order valence-electron chi connectivity index (χ0n) is 10.4. The number of hydrogen-bond donors (Lipinski definition) is 1. The third kappa shape index (κ3) is 2.41.